The van der Waals surface area contributed by atoms with E-state index < -0.39 is 5.66 Å². The maximum absolute atomic E-state index is 13.1. The molecule has 2 N–H and O–H groups in total. The standard InChI is InChI=1S/C24H20NO3P.C8H9NO/c1-28-15-19-13-17-8-2-3-9-18(17)14-22(19)25-24(26)23(29-27)21-12-6-10-16-7-4-5-11-20(16)21;10-7-9-6-8-4-2-1-3-5-8/h2-14,23H,15H2,1H3,(H,25,26);1-5,7H,6H2,(H,9,10). The van der Waals surface area contributed by atoms with Crippen molar-refractivity contribution >= 4 is 48.0 Å². The summed E-state index contributed by atoms with van der Waals surface area (Å²) in [6.07, 6.45) is 0.701. The van der Waals surface area contributed by atoms with E-state index in [0.717, 1.165) is 38.2 Å². The van der Waals surface area contributed by atoms with Crippen molar-refractivity contribution in [3.05, 3.63) is 126 Å². The molecule has 7 heteroatoms. The van der Waals surface area contributed by atoms with Gasteiger partial charge in [0.25, 0.3) is 0 Å². The first kappa shape index (κ1) is 27.6. The molecule has 0 fully saturated rings. The predicted molar refractivity (Wildman–Crippen MR) is 157 cm³/mol. The number of carbonyl (C=O) groups excluding carboxylic acids is 2. The van der Waals surface area contributed by atoms with Crippen LogP contribution in [0.1, 0.15) is 22.3 Å². The number of amides is 2. The van der Waals surface area contributed by atoms with Crippen LogP contribution in [0.3, 0.4) is 0 Å². The van der Waals surface area contributed by atoms with E-state index in [1.807, 2.05) is 109 Å². The monoisotopic (exact) mass is 536 g/mol. The second kappa shape index (κ2) is 14.0. The molecule has 0 aliphatic heterocycles. The number of benzene rings is 5. The minimum Gasteiger partial charge on any atom is -0.380 e. The van der Waals surface area contributed by atoms with E-state index in [1.165, 1.54) is 0 Å². The summed E-state index contributed by atoms with van der Waals surface area (Å²) in [5.74, 6) is -0.314. The zero-order chi connectivity index (χ0) is 27.5. The van der Waals surface area contributed by atoms with Crippen LogP contribution in [0.4, 0.5) is 5.69 Å². The number of methoxy groups -OCH3 is 1. The van der Waals surface area contributed by atoms with Crippen LogP contribution in [-0.2, 0) is 32.0 Å². The van der Waals surface area contributed by atoms with E-state index >= 15 is 0 Å². The molecule has 1 atom stereocenters. The second-order valence-electron chi connectivity index (χ2n) is 8.84. The summed E-state index contributed by atoms with van der Waals surface area (Å²) in [5, 5.41) is 9.59. The maximum atomic E-state index is 13.1. The summed E-state index contributed by atoms with van der Waals surface area (Å²) in [5.41, 5.74) is 2.60. The number of anilines is 1. The molecular formula is C32H29N2O4P. The second-order valence-corrected chi connectivity index (χ2v) is 9.57. The minimum absolute atomic E-state index is 0.249. The first-order chi connectivity index (χ1) is 19.1. The van der Waals surface area contributed by atoms with Crippen LogP contribution in [0.2, 0.25) is 0 Å². The number of hydrogen-bond donors (Lipinski definition) is 2. The fourth-order valence-electron chi connectivity index (χ4n) is 4.37. The topological polar surface area (TPSA) is 84.5 Å². The highest BCUT2D eigenvalue weighted by molar-refractivity contribution is 7.26. The minimum atomic E-state index is -0.803. The molecule has 0 spiro atoms. The van der Waals surface area contributed by atoms with Gasteiger partial charge in [0.2, 0.25) is 12.3 Å². The van der Waals surface area contributed by atoms with Gasteiger partial charge in [-0.25, -0.2) is 0 Å². The van der Waals surface area contributed by atoms with E-state index in [1.54, 1.807) is 7.11 Å². The summed E-state index contributed by atoms with van der Waals surface area (Å²) in [6, 6.07) is 35.2. The van der Waals surface area contributed by atoms with E-state index in [2.05, 4.69) is 10.6 Å². The van der Waals surface area contributed by atoms with Gasteiger partial charge in [-0.05, 0) is 44.8 Å². The van der Waals surface area contributed by atoms with Crippen LogP contribution in [-0.4, -0.2) is 19.4 Å². The molecule has 39 heavy (non-hydrogen) atoms. The van der Waals surface area contributed by atoms with Crippen molar-refractivity contribution in [2.24, 2.45) is 0 Å². The maximum Gasteiger partial charge on any atom is 0.243 e. The summed E-state index contributed by atoms with van der Waals surface area (Å²) >= 11 is 0. The number of ether oxygens (including phenoxy) is 1. The third-order valence-electron chi connectivity index (χ3n) is 6.23. The number of rotatable bonds is 9. The van der Waals surface area contributed by atoms with Gasteiger partial charge in [-0.15, -0.1) is 0 Å². The first-order valence-corrected chi connectivity index (χ1v) is 13.3. The average molecular weight is 537 g/mol. The summed E-state index contributed by atoms with van der Waals surface area (Å²) in [4.78, 5) is 23.0. The van der Waals surface area contributed by atoms with E-state index in [-0.39, 0.29) is 14.4 Å². The van der Waals surface area contributed by atoms with E-state index in [9.17, 15) is 14.2 Å². The Morgan fingerprint density at radius 1 is 0.846 bits per heavy atom. The quantitative estimate of drug-likeness (QED) is 0.156. The lowest BCUT2D eigenvalue weighted by Crippen LogP contribution is -2.18. The third-order valence-corrected chi connectivity index (χ3v) is 6.96. The van der Waals surface area contributed by atoms with Gasteiger partial charge < -0.3 is 15.4 Å². The highest BCUT2D eigenvalue weighted by Crippen LogP contribution is 2.34. The molecule has 0 aliphatic rings. The summed E-state index contributed by atoms with van der Waals surface area (Å²) in [7, 11) is 1.37. The molecule has 0 heterocycles. The van der Waals surface area contributed by atoms with Gasteiger partial charge in [-0.3, -0.25) is 14.2 Å². The molecule has 196 valence electrons. The molecule has 0 aromatic heterocycles. The summed E-state index contributed by atoms with van der Waals surface area (Å²) < 4.78 is 17.3. The van der Waals surface area contributed by atoms with Gasteiger partial charge in [-0.1, -0.05) is 97.1 Å². The van der Waals surface area contributed by atoms with E-state index in [4.69, 9.17) is 4.74 Å². The van der Waals surface area contributed by atoms with E-state index in [0.29, 0.717) is 25.2 Å². The van der Waals surface area contributed by atoms with Crippen molar-refractivity contribution in [1.29, 1.82) is 0 Å². The van der Waals surface area contributed by atoms with Crippen molar-refractivity contribution in [2.45, 2.75) is 18.8 Å². The Labute approximate surface area is 229 Å². The van der Waals surface area contributed by atoms with Crippen molar-refractivity contribution in [2.75, 3.05) is 12.4 Å². The first-order valence-electron chi connectivity index (χ1n) is 12.5. The molecule has 0 radical (unpaired) electrons. The van der Waals surface area contributed by atoms with Crippen molar-refractivity contribution in [3.63, 3.8) is 0 Å². The van der Waals surface area contributed by atoms with Crippen LogP contribution < -0.4 is 10.6 Å². The summed E-state index contributed by atoms with van der Waals surface area (Å²) in [6.45, 7) is 0.985. The molecule has 0 saturated carbocycles. The molecule has 0 saturated heterocycles. The lowest BCUT2D eigenvalue weighted by atomic mass is 10.0. The predicted octanol–water partition coefficient (Wildman–Crippen LogP) is 7.04. The zero-order valence-electron chi connectivity index (χ0n) is 21.5. The molecule has 0 aliphatic carbocycles. The lowest BCUT2D eigenvalue weighted by Gasteiger charge is -2.16. The molecule has 6 nitrogen and oxygen atoms in total. The van der Waals surface area contributed by atoms with Crippen molar-refractivity contribution in [1.82, 2.24) is 5.32 Å². The largest absolute Gasteiger partial charge is 0.380 e. The molecule has 1 unspecified atom stereocenters. The Balaban J connectivity index is 0.000000298. The fraction of sp³-hybridized carbons (Fsp3) is 0.125. The van der Waals surface area contributed by atoms with Gasteiger partial charge in [0.15, 0.2) is 8.46 Å². The Morgan fingerprint density at radius 3 is 2.18 bits per heavy atom. The van der Waals surface area contributed by atoms with Crippen LogP contribution in [0.15, 0.2) is 109 Å². The number of hydrogen-bond acceptors (Lipinski definition) is 4. The van der Waals surface area contributed by atoms with Gasteiger partial charge in [0.05, 0.1) is 6.61 Å². The van der Waals surface area contributed by atoms with Crippen LogP contribution in [0, 0.1) is 0 Å². The average Bonchev–Trinajstić information content (AvgIpc) is 2.98. The Hall–Kier alpha value is -4.38. The molecular weight excluding hydrogens is 507 g/mol. The third kappa shape index (κ3) is 7.14. The highest BCUT2D eigenvalue weighted by Gasteiger charge is 2.24. The van der Waals surface area contributed by atoms with Crippen molar-refractivity contribution < 1.29 is 18.9 Å². The molecule has 5 aromatic rings. The molecule has 2 amide bonds. The Kier molecular flexibility index (Phi) is 9.90. The van der Waals surface area contributed by atoms with Gasteiger partial charge in [0.1, 0.15) is 5.66 Å². The smallest absolute Gasteiger partial charge is 0.243 e. The van der Waals surface area contributed by atoms with Crippen molar-refractivity contribution in [3.8, 4) is 0 Å². The van der Waals surface area contributed by atoms with Gasteiger partial charge in [0, 0.05) is 24.9 Å². The highest BCUT2D eigenvalue weighted by atomic mass is 31.1. The number of carbonyl (C=O) groups is 2. The van der Waals surface area contributed by atoms with Gasteiger partial charge in [-0.2, -0.15) is 0 Å². The normalized spacial score (nSPS) is 11.4. The van der Waals surface area contributed by atoms with Crippen LogP contribution >= 0.6 is 8.46 Å². The Morgan fingerprint density at radius 2 is 1.49 bits per heavy atom. The number of nitrogens with one attached hydrogen (secondary N) is 2. The SMILES string of the molecule is COCc1cc2ccccc2cc1NC(=O)C(P=O)c1cccc2ccccc12.O=CNCc1ccccc1. The van der Waals surface area contributed by atoms with Crippen LogP contribution in [0.5, 0.6) is 0 Å². The Bertz CT molecular complexity index is 1570. The molecule has 5 rings (SSSR count). The zero-order valence-corrected chi connectivity index (χ0v) is 22.4. The fourth-order valence-corrected chi connectivity index (χ4v) is 4.87. The van der Waals surface area contributed by atoms with Crippen LogP contribution in [0.25, 0.3) is 21.5 Å². The lowest BCUT2D eigenvalue weighted by molar-refractivity contribution is -0.116. The molecule has 0 bridgehead atoms. The molecule has 5 aromatic carbocycles. The number of fused-ring (bicyclic) bond motifs is 2. The van der Waals surface area contributed by atoms with Gasteiger partial charge >= 0.3 is 0 Å².